The minimum Gasteiger partial charge on any atom is -0.486 e. The first kappa shape index (κ1) is 25.6. The van der Waals surface area contributed by atoms with Gasteiger partial charge in [0.2, 0.25) is 5.82 Å². The summed E-state index contributed by atoms with van der Waals surface area (Å²) in [5, 5.41) is 6.55. The Morgan fingerprint density at radius 2 is 1.67 bits per heavy atom. The molecule has 0 saturated carbocycles. The van der Waals surface area contributed by atoms with Gasteiger partial charge in [-0.05, 0) is 79.9 Å². The van der Waals surface area contributed by atoms with Crippen LogP contribution in [0.3, 0.4) is 0 Å². The number of hydrogen-bond donors (Lipinski definition) is 0. The van der Waals surface area contributed by atoms with E-state index < -0.39 is 0 Å². The molecule has 6 rings (SSSR count). The summed E-state index contributed by atoms with van der Waals surface area (Å²) >= 11 is 13.4. The number of hydrogen-bond acceptors (Lipinski definition) is 5. The molecule has 39 heavy (non-hydrogen) atoms. The van der Waals surface area contributed by atoms with E-state index in [0.29, 0.717) is 54.4 Å². The van der Waals surface area contributed by atoms with Crippen LogP contribution in [0.15, 0.2) is 114 Å². The van der Waals surface area contributed by atoms with E-state index in [2.05, 4.69) is 37.0 Å². The van der Waals surface area contributed by atoms with Gasteiger partial charge in [0, 0.05) is 16.0 Å². The molecule has 0 saturated heterocycles. The molecule has 0 radical (unpaired) electrons. The van der Waals surface area contributed by atoms with Crippen molar-refractivity contribution in [2.45, 2.75) is 6.61 Å². The Balaban J connectivity index is 1.38. The smallest absolute Gasteiger partial charge is 0.282 e. The van der Waals surface area contributed by atoms with Crippen LogP contribution < -0.4 is 10.3 Å². The molecule has 0 aliphatic heterocycles. The van der Waals surface area contributed by atoms with Gasteiger partial charge in [0.25, 0.3) is 5.56 Å². The largest absolute Gasteiger partial charge is 0.486 e. The van der Waals surface area contributed by atoms with Crippen molar-refractivity contribution in [2.75, 3.05) is 0 Å². The average molecular weight is 664 g/mol. The van der Waals surface area contributed by atoms with Crippen LogP contribution in [0, 0.1) is 0 Å². The van der Waals surface area contributed by atoms with Gasteiger partial charge in [-0.1, -0.05) is 60.1 Å². The third-order valence-electron chi connectivity index (χ3n) is 6.07. The van der Waals surface area contributed by atoms with E-state index in [4.69, 9.17) is 25.7 Å². The Labute approximate surface area is 244 Å². The van der Waals surface area contributed by atoms with Crippen LogP contribution in [0.1, 0.15) is 11.1 Å². The predicted octanol–water partition coefficient (Wildman–Crippen LogP) is 8.45. The fourth-order valence-electron chi connectivity index (χ4n) is 4.16. The van der Waals surface area contributed by atoms with Crippen molar-refractivity contribution in [3.05, 3.63) is 126 Å². The number of ether oxygens (including phenoxy) is 1. The van der Waals surface area contributed by atoms with E-state index in [1.807, 2.05) is 72.8 Å². The number of fused-ring (bicyclic) bond motifs is 2. The van der Waals surface area contributed by atoms with Gasteiger partial charge in [-0.2, -0.15) is 9.78 Å². The van der Waals surface area contributed by atoms with Gasteiger partial charge < -0.3 is 9.15 Å². The molecule has 2 heterocycles. The quantitative estimate of drug-likeness (QED) is 0.168. The van der Waals surface area contributed by atoms with Gasteiger partial charge in [-0.15, -0.1) is 0 Å². The highest BCUT2D eigenvalue weighted by atomic mass is 79.9. The summed E-state index contributed by atoms with van der Waals surface area (Å²) in [7, 11) is 0. The van der Waals surface area contributed by atoms with Crippen LogP contribution in [0.2, 0.25) is 5.02 Å². The van der Waals surface area contributed by atoms with Gasteiger partial charge in [0.15, 0.2) is 5.76 Å². The monoisotopic (exact) mass is 661 g/mol. The SMILES string of the molecule is O=c1c2ccccc2nc(-c2cc3ccccc3o2)n1N=Cc1cc(Br)c(OCc2ccccc2Cl)c(Br)c1. The second-order valence-corrected chi connectivity index (χ2v) is 10.8. The molecule has 0 atom stereocenters. The second kappa shape index (κ2) is 10.8. The summed E-state index contributed by atoms with van der Waals surface area (Å²) in [6.45, 7) is 0.309. The van der Waals surface area contributed by atoms with Crippen LogP contribution in [-0.4, -0.2) is 15.9 Å². The zero-order valence-corrected chi connectivity index (χ0v) is 24.1. The molecule has 0 fully saturated rings. The molecule has 9 heteroatoms. The van der Waals surface area contributed by atoms with E-state index in [-0.39, 0.29) is 5.56 Å². The van der Waals surface area contributed by atoms with Crippen molar-refractivity contribution in [3.8, 4) is 17.3 Å². The van der Waals surface area contributed by atoms with Crippen molar-refractivity contribution in [2.24, 2.45) is 5.10 Å². The van der Waals surface area contributed by atoms with Gasteiger partial charge in [0.05, 0.1) is 26.1 Å². The first-order valence-corrected chi connectivity index (χ1v) is 13.8. The van der Waals surface area contributed by atoms with Crippen LogP contribution >= 0.6 is 43.5 Å². The Bertz CT molecular complexity index is 1890. The summed E-state index contributed by atoms with van der Waals surface area (Å²) in [6.07, 6.45) is 1.59. The number of rotatable bonds is 6. The third kappa shape index (κ3) is 5.15. The fourth-order valence-corrected chi connectivity index (χ4v) is 5.81. The van der Waals surface area contributed by atoms with Crippen molar-refractivity contribution >= 4 is 71.5 Å². The molecule has 0 amide bonds. The molecule has 2 aromatic heterocycles. The van der Waals surface area contributed by atoms with E-state index in [1.165, 1.54) is 4.68 Å². The molecule has 6 aromatic rings. The Hall–Kier alpha value is -3.72. The maximum atomic E-state index is 13.5. The van der Waals surface area contributed by atoms with Gasteiger partial charge in [-0.3, -0.25) is 4.79 Å². The zero-order valence-electron chi connectivity index (χ0n) is 20.1. The molecule has 192 valence electrons. The molecule has 0 spiro atoms. The molecular formula is C30H18Br2ClN3O3. The second-order valence-electron chi connectivity index (χ2n) is 8.66. The van der Waals surface area contributed by atoms with Crippen LogP contribution in [0.4, 0.5) is 0 Å². The predicted molar refractivity (Wildman–Crippen MR) is 162 cm³/mol. The van der Waals surface area contributed by atoms with Gasteiger partial charge in [0.1, 0.15) is 17.9 Å². The standard InChI is InChI=1S/C30H18Br2ClN3O3/c31-22-13-18(14-23(32)28(22)38-17-20-8-1-4-10-24(20)33)16-34-36-29(27-15-19-7-2-6-12-26(19)39-27)35-25-11-5-3-9-21(25)30(36)37/h1-16H,17H2. The molecular weight excluding hydrogens is 646 g/mol. The van der Waals surface area contributed by atoms with Crippen molar-refractivity contribution in [3.63, 3.8) is 0 Å². The highest BCUT2D eigenvalue weighted by Gasteiger charge is 2.17. The number of benzene rings is 4. The molecule has 6 nitrogen and oxygen atoms in total. The first-order chi connectivity index (χ1) is 19.0. The first-order valence-electron chi connectivity index (χ1n) is 11.9. The summed E-state index contributed by atoms with van der Waals surface area (Å²) in [5.41, 5.74) is 2.57. The van der Waals surface area contributed by atoms with E-state index in [9.17, 15) is 4.79 Å². The maximum absolute atomic E-state index is 13.5. The summed E-state index contributed by atoms with van der Waals surface area (Å²) in [5.74, 6) is 1.38. The summed E-state index contributed by atoms with van der Waals surface area (Å²) in [6, 6.07) is 27.9. The highest BCUT2D eigenvalue weighted by Crippen LogP contribution is 2.35. The molecule has 0 N–H and O–H groups in total. The minimum atomic E-state index is -0.301. The Morgan fingerprint density at radius 1 is 0.949 bits per heavy atom. The molecule has 0 bridgehead atoms. The molecule has 0 aliphatic carbocycles. The maximum Gasteiger partial charge on any atom is 0.282 e. The molecule has 4 aromatic carbocycles. The Morgan fingerprint density at radius 3 is 2.46 bits per heavy atom. The van der Waals surface area contributed by atoms with Crippen molar-refractivity contribution < 1.29 is 9.15 Å². The number of aromatic nitrogens is 2. The van der Waals surface area contributed by atoms with Gasteiger partial charge >= 0.3 is 0 Å². The lowest BCUT2D eigenvalue weighted by Crippen LogP contribution is -2.20. The van der Waals surface area contributed by atoms with Crippen LogP contribution in [-0.2, 0) is 6.61 Å². The van der Waals surface area contributed by atoms with Crippen molar-refractivity contribution in [1.29, 1.82) is 0 Å². The zero-order chi connectivity index (χ0) is 26.9. The molecule has 0 unspecified atom stereocenters. The topological polar surface area (TPSA) is 69.6 Å². The van der Waals surface area contributed by atoms with E-state index in [0.717, 1.165) is 16.5 Å². The fraction of sp³-hybridized carbons (Fsp3) is 0.0333. The number of para-hydroxylation sites is 2. The lowest BCUT2D eigenvalue weighted by atomic mass is 10.2. The lowest BCUT2D eigenvalue weighted by Gasteiger charge is -2.12. The highest BCUT2D eigenvalue weighted by molar-refractivity contribution is 9.11. The van der Waals surface area contributed by atoms with Crippen molar-refractivity contribution in [1.82, 2.24) is 9.66 Å². The molecule has 0 aliphatic rings. The lowest BCUT2D eigenvalue weighted by molar-refractivity contribution is 0.302. The Kier molecular flexibility index (Phi) is 7.08. The number of nitrogens with zero attached hydrogens (tertiary/aromatic N) is 3. The average Bonchev–Trinajstić information content (AvgIpc) is 3.37. The number of halogens is 3. The van der Waals surface area contributed by atoms with Crippen LogP contribution in [0.25, 0.3) is 33.5 Å². The third-order valence-corrected chi connectivity index (χ3v) is 7.62. The van der Waals surface area contributed by atoms with Crippen LogP contribution in [0.5, 0.6) is 5.75 Å². The summed E-state index contributed by atoms with van der Waals surface area (Å²) in [4.78, 5) is 18.2. The minimum absolute atomic E-state index is 0.301. The van der Waals surface area contributed by atoms with E-state index >= 15 is 0 Å². The number of furan rings is 1. The van der Waals surface area contributed by atoms with E-state index in [1.54, 1.807) is 24.4 Å². The normalized spacial score (nSPS) is 11.6. The summed E-state index contributed by atoms with van der Waals surface area (Å²) < 4.78 is 14.8. The van der Waals surface area contributed by atoms with Gasteiger partial charge in [-0.25, -0.2) is 4.98 Å².